The van der Waals surface area contributed by atoms with Crippen LogP contribution in [-0.4, -0.2) is 16.1 Å². The maximum Gasteiger partial charge on any atom is 0.126 e. The first kappa shape index (κ1) is 13.6. The van der Waals surface area contributed by atoms with Crippen molar-refractivity contribution in [1.82, 2.24) is 14.9 Å². The molecule has 0 bridgehead atoms. The second-order valence-corrected chi connectivity index (χ2v) is 5.64. The van der Waals surface area contributed by atoms with Crippen molar-refractivity contribution in [2.24, 2.45) is 11.8 Å². The lowest BCUT2D eigenvalue weighted by molar-refractivity contribution is 0.216. The summed E-state index contributed by atoms with van der Waals surface area (Å²) in [5, 5.41) is 3.67. The van der Waals surface area contributed by atoms with Gasteiger partial charge in [-0.05, 0) is 38.1 Å². The summed E-state index contributed by atoms with van der Waals surface area (Å²) in [6.45, 7) is 8.81. The molecule has 1 aliphatic carbocycles. The molecular formula is C15H27N3. The molecule has 1 aliphatic rings. The largest absolute Gasteiger partial charge is 0.334 e. The van der Waals surface area contributed by atoms with Crippen LogP contribution in [0.4, 0.5) is 0 Å². The Hall–Kier alpha value is -0.830. The Morgan fingerprint density at radius 1 is 1.44 bits per heavy atom. The molecule has 1 aromatic heterocycles. The fourth-order valence-electron chi connectivity index (χ4n) is 3.34. The third-order valence-electron chi connectivity index (χ3n) is 4.24. The number of nitrogens with zero attached hydrogens (tertiary/aromatic N) is 2. The normalized spacial score (nSPS) is 26.2. The van der Waals surface area contributed by atoms with Crippen LogP contribution in [0.5, 0.6) is 0 Å². The van der Waals surface area contributed by atoms with Crippen molar-refractivity contribution in [3.63, 3.8) is 0 Å². The summed E-state index contributed by atoms with van der Waals surface area (Å²) >= 11 is 0. The molecule has 3 unspecified atom stereocenters. The summed E-state index contributed by atoms with van der Waals surface area (Å²) in [6, 6.07) is 0.438. The Bertz CT molecular complexity index is 358. The van der Waals surface area contributed by atoms with Gasteiger partial charge in [-0.25, -0.2) is 4.98 Å². The molecule has 1 N–H and O–H groups in total. The van der Waals surface area contributed by atoms with Gasteiger partial charge in [0.25, 0.3) is 0 Å². The van der Waals surface area contributed by atoms with E-state index in [2.05, 4.69) is 41.8 Å². The molecule has 0 spiro atoms. The van der Waals surface area contributed by atoms with Gasteiger partial charge in [-0.3, -0.25) is 0 Å². The third kappa shape index (κ3) is 2.94. The van der Waals surface area contributed by atoms with Crippen LogP contribution in [0.1, 0.15) is 58.3 Å². The topological polar surface area (TPSA) is 29.9 Å². The number of aryl methyl sites for hydroxylation is 1. The minimum atomic E-state index is 0.438. The Balaban J connectivity index is 2.16. The highest BCUT2D eigenvalue weighted by Crippen LogP contribution is 2.36. The second-order valence-electron chi connectivity index (χ2n) is 5.64. The van der Waals surface area contributed by atoms with E-state index in [0.717, 1.165) is 24.9 Å². The molecule has 0 aliphatic heterocycles. The third-order valence-corrected chi connectivity index (χ3v) is 4.24. The quantitative estimate of drug-likeness (QED) is 0.867. The molecule has 102 valence electrons. The van der Waals surface area contributed by atoms with Crippen LogP contribution in [0, 0.1) is 11.8 Å². The summed E-state index contributed by atoms with van der Waals surface area (Å²) in [7, 11) is 0. The highest BCUT2D eigenvalue weighted by Gasteiger charge is 2.29. The van der Waals surface area contributed by atoms with Crippen molar-refractivity contribution >= 4 is 0 Å². The van der Waals surface area contributed by atoms with Gasteiger partial charge in [0.1, 0.15) is 5.82 Å². The van der Waals surface area contributed by atoms with Crippen molar-refractivity contribution in [2.75, 3.05) is 6.54 Å². The van der Waals surface area contributed by atoms with Crippen molar-refractivity contribution in [1.29, 1.82) is 0 Å². The predicted molar refractivity (Wildman–Crippen MR) is 75.4 cm³/mol. The van der Waals surface area contributed by atoms with Gasteiger partial charge in [0.2, 0.25) is 0 Å². The molecule has 3 heteroatoms. The molecule has 1 fully saturated rings. The van der Waals surface area contributed by atoms with Gasteiger partial charge >= 0.3 is 0 Å². The zero-order chi connectivity index (χ0) is 13.0. The zero-order valence-corrected chi connectivity index (χ0v) is 12.0. The highest BCUT2D eigenvalue weighted by molar-refractivity contribution is 5.02. The monoisotopic (exact) mass is 249 g/mol. The molecular weight excluding hydrogens is 222 g/mol. The van der Waals surface area contributed by atoms with Crippen molar-refractivity contribution < 1.29 is 0 Å². The van der Waals surface area contributed by atoms with Crippen LogP contribution in [0.15, 0.2) is 12.4 Å². The van der Waals surface area contributed by atoms with Crippen LogP contribution in [-0.2, 0) is 6.54 Å². The molecule has 0 saturated heterocycles. The first-order valence-electron chi connectivity index (χ1n) is 7.50. The van der Waals surface area contributed by atoms with E-state index in [1.165, 1.54) is 31.5 Å². The fourth-order valence-corrected chi connectivity index (χ4v) is 3.34. The summed E-state index contributed by atoms with van der Waals surface area (Å²) in [6.07, 6.45) is 9.51. The van der Waals surface area contributed by atoms with Crippen LogP contribution >= 0.6 is 0 Å². The van der Waals surface area contributed by atoms with Crippen molar-refractivity contribution in [3.8, 4) is 0 Å². The smallest absolute Gasteiger partial charge is 0.126 e. The SMILES string of the molecule is CCNC(c1nccn1CC)C1CCCC(C)C1. The number of rotatable bonds is 5. The summed E-state index contributed by atoms with van der Waals surface area (Å²) in [4.78, 5) is 4.61. The molecule has 18 heavy (non-hydrogen) atoms. The van der Waals surface area contributed by atoms with E-state index >= 15 is 0 Å². The Kier molecular flexibility index (Phi) is 4.81. The molecule has 1 saturated carbocycles. The van der Waals surface area contributed by atoms with Gasteiger partial charge in [-0.1, -0.05) is 26.7 Å². The number of nitrogens with one attached hydrogen (secondary N) is 1. The molecule has 0 amide bonds. The maximum atomic E-state index is 4.61. The molecule has 3 nitrogen and oxygen atoms in total. The molecule has 1 heterocycles. The summed E-state index contributed by atoms with van der Waals surface area (Å²) in [5.74, 6) is 2.86. The Labute approximate surface area is 111 Å². The molecule has 0 aromatic carbocycles. The van der Waals surface area contributed by atoms with E-state index in [0.29, 0.717) is 6.04 Å². The van der Waals surface area contributed by atoms with Gasteiger partial charge in [0, 0.05) is 18.9 Å². The first-order valence-corrected chi connectivity index (χ1v) is 7.50. The molecule has 0 radical (unpaired) electrons. The lowest BCUT2D eigenvalue weighted by atomic mass is 9.78. The number of imidazole rings is 1. The Morgan fingerprint density at radius 3 is 2.94 bits per heavy atom. The van der Waals surface area contributed by atoms with Gasteiger partial charge in [0.15, 0.2) is 0 Å². The number of hydrogen-bond acceptors (Lipinski definition) is 2. The average Bonchev–Trinajstić information content (AvgIpc) is 2.84. The molecule has 1 aromatic rings. The van der Waals surface area contributed by atoms with Gasteiger partial charge in [-0.2, -0.15) is 0 Å². The lowest BCUT2D eigenvalue weighted by Crippen LogP contribution is -2.33. The number of aromatic nitrogens is 2. The summed E-state index contributed by atoms with van der Waals surface area (Å²) in [5.41, 5.74) is 0. The van der Waals surface area contributed by atoms with Crippen LogP contribution in [0.2, 0.25) is 0 Å². The van der Waals surface area contributed by atoms with E-state index in [1.54, 1.807) is 0 Å². The molecule has 3 atom stereocenters. The highest BCUT2D eigenvalue weighted by atomic mass is 15.1. The maximum absolute atomic E-state index is 4.61. The Morgan fingerprint density at radius 2 is 2.28 bits per heavy atom. The van der Waals surface area contributed by atoms with Crippen molar-refractivity contribution in [3.05, 3.63) is 18.2 Å². The standard InChI is InChI=1S/C15H27N3/c1-4-16-14(13-8-6-7-12(3)11-13)15-17-9-10-18(15)5-2/h9-10,12-14,16H,4-8,11H2,1-3H3. The van der Waals surface area contributed by atoms with Crippen LogP contribution in [0.25, 0.3) is 0 Å². The van der Waals surface area contributed by atoms with Crippen molar-refractivity contribution in [2.45, 2.75) is 59.0 Å². The van der Waals surface area contributed by atoms with E-state index < -0.39 is 0 Å². The average molecular weight is 249 g/mol. The predicted octanol–water partition coefficient (Wildman–Crippen LogP) is 3.38. The first-order chi connectivity index (χ1) is 8.76. The van der Waals surface area contributed by atoms with Crippen LogP contribution in [0.3, 0.4) is 0 Å². The minimum absolute atomic E-state index is 0.438. The van der Waals surface area contributed by atoms with Gasteiger partial charge in [-0.15, -0.1) is 0 Å². The van der Waals surface area contributed by atoms with Crippen LogP contribution < -0.4 is 5.32 Å². The fraction of sp³-hybridized carbons (Fsp3) is 0.800. The summed E-state index contributed by atoms with van der Waals surface area (Å²) < 4.78 is 2.28. The zero-order valence-electron chi connectivity index (χ0n) is 12.0. The second kappa shape index (κ2) is 6.37. The van der Waals surface area contributed by atoms with Gasteiger partial charge < -0.3 is 9.88 Å². The van der Waals surface area contributed by atoms with E-state index in [9.17, 15) is 0 Å². The number of hydrogen-bond donors (Lipinski definition) is 1. The van der Waals surface area contributed by atoms with E-state index in [-0.39, 0.29) is 0 Å². The minimum Gasteiger partial charge on any atom is -0.334 e. The van der Waals surface area contributed by atoms with E-state index in [4.69, 9.17) is 0 Å². The molecule has 2 rings (SSSR count). The lowest BCUT2D eigenvalue weighted by Gasteiger charge is -2.33. The van der Waals surface area contributed by atoms with Gasteiger partial charge in [0.05, 0.1) is 6.04 Å². The van der Waals surface area contributed by atoms with E-state index in [1.807, 2.05) is 6.20 Å².